The largest absolute Gasteiger partial charge is 0.545 e. The summed E-state index contributed by atoms with van der Waals surface area (Å²) in [6.07, 6.45) is 0. The zero-order valence-electron chi connectivity index (χ0n) is 11.6. The zero-order valence-corrected chi connectivity index (χ0v) is 13.2. The Bertz CT molecular complexity index is 928. The first kappa shape index (κ1) is 16.4. The van der Waals surface area contributed by atoms with Crippen LogP contribution in [0.25, 0.3) is 0 Å². The van der Waals surface area contributed by atoms with Gasteiger partial charge in [0, 0.05) is 15.6 Å². The molecule has 2 N–H and O–H groups in total. The normalized spacial score (nSPS) is 10.7. The first-order valence-corrected chi connectivity index (χ1v) is 6.93. The molecule has 0 unspecified atom stereocenters. The van der Waals surface area contributed by atoms with Crippen molar-refractivity contribution in [3.8, 4) is 11.9 Å². The Labute approximate surface area is 137 Å². The van der Waals surface area contributed by atoms with Gasteiger partial charge < -0.3 is 15.0 Å². The van der Waals surface area contributed by atoms with E-state index in [0.717, 1.165) is 0 Å². The highest BCUT2D eigenvalue weighted by molar-refractivity contribution is 9.10. The number of carboxylic acid groups (broad SMARTS) is 1. The Balaban J connectivity index is 2.57. The van der Waals surface area contributed by atoms with Crippen LogP contribution in [0.4, 0.5) is 11.4 Å². The van der Waals surface area contributed by atoms with Gasteiger partial charge in [0.25, 0.3) is 5.56 Å². The average Bonchev–Trinajstić information content (AvgIpc) is 2.48. The summed E-state index contributed by atoms with van der Waals surface area (Å²) in [5, 5.41) is 37.0. The molecule has 0 fully saturated rings. The molecule has 0 aliphatic carbocycles. The minimum absolute atomic E-state index is 0.0152. The Morgan fingerprint density at radius 2 is 2.13 bits per heavy atom. The van der Waals surface area contributed by atoms with E-state index in [4.69, 9.17) is 5.26 Å². The summed E-state index contributed by atoms with van der Waals surface area (Å²) in [5.74, 6) is -2.01. The number of aromatic nitrogens is 1. The fourth-order valence-electron chi connectivity index (χ4n) is 1.82. The van der Waals surface area contributed by atoms with Crippen molar-refractivity contribution >= 4 is 33.3 Å². The highest BCUT2D eigenvalue weighted by atomic mass is 79.9. The minimum Gasteiger partial charge on any atom is -0.545 e. The molecule has 0 amide bonds. The van der Waals surface area contributed by atoms with Crippen LogP contribution < -0.4 is 10.7 Å². The fraction of sp³-hybridized carbons (Fsp3) is 0.0714. The van der Waals surface area contributed by atoms with Crippen LogP contribution in [0.2, 0.25) is 0 Å². The molecule has 8 nitrogen and oxygen atoms in total. The van der Waals surface area contributed by atoms with E-state index < -0.39 is 17.4 Å². The summed E-state index contributed by atoms with van der Waals surface area (Å²) in [6.45, 7) is 1.42. The predicted octanol–water partition coefficient (Wildman–Crippen LogP) is 1.80. The number of nitrogens with one attached hydrogen (secondary N) is 1. The second-order valence-electron chi connectivity index (χ2n) is 4.41. The van der Waals surface area contributed by atoms with Gasteiger partial charge in [-0.15, -0.1) is 10.2 Å². The number of pyridine rings is 1. The van der Waals surface area contributed by atoms with Gasteiger partial charge in [-0.05, 0) is 25.1 Å². The number of carbonyl (C=O) groups is 1. The standard InChI is InChI=1S/C14H9BrN4O4/c1-6-9(5-16)12(20)17-13(21)11(6)19-18-10-3-2-7(15)4-8(10)14(22)23/h2-4H,1H3,(H,22,23)(H2,17,20,21)/p-1. The molecule has 1 aromatic carbocycles. The molecule has 2 aromatic rings. The van der Waals surface area contributed by atoms with Gasteiger partial charge in [0.05, 0.1) is 11.7 Å². The van der Waals surface area contributed by atoms with Crippen LogP contribution in [0.1, 0.15) is 21.5 Å². The first-order chi connectivity index (χ1) is 10.8. The van der Waals surface area contributed by atoms with E-state index in [1.54, 1.807) is 12.1 Å². The van der Waals surface area contributed by atoms with Crippen molar-refractivity contribution in [3.63, 3.8) is 0 Å². The lowest BCUT2D eigenvalue weighted by atomic mass is 10.1. The molecule has 2 rings (SSSR count). The number of hydrogen-bond donors (Lipinski definition) is 2. The number of aromatic hydroxyl groups is 1. The van der Waals surface area contributed by atoms with Gasteiger partial charge in [-0.2, -0.15) is 5.26 Å². The number of azo groups is 1. The van der Waals surface area contributed by atoms with E-state index in [0.29, 0.717) is 4.47 Å². The molecule has 0 saturated heterocycles. The van der Waals surface area contributed by atoms with Gasteiger partial charge in [0.1, 0.15) is 11.6 Å². The van der Waals surface area contributed by atoms with Crippen molar-refractivity contribution in [3.05, 3.63) is 49.7 Å². The summed E-state index contributed by atoms with van der Waals surface area (Å²) in [4.78, 5) is 25.0. The molecule has 9 heteroatoms. The summed E-state index contributed by atoms with van der Waals surface area (Å²) >= 11 is 3.13. The molecule has 0 spiro atoms. The molecule has 23 heavy (non-hydrogen) atoms. The third kappa shape index (κ3) is 3.27. The Hall–Kier alpha value is -2.99. The van der Waals surface area contributed by atoms with Crippen LogP contribution in [-0.2, 0) is 0 Å². The van der Waals surface area contributed by atoms with E-state index in [2.05, 4.69) is 31.1 Å². The number of benzene rings is 1. The number of aromatic carboxylic acids is 1. The van der Waals surface area contributed by atoms with Crippen molar-refractivity contribution < 1.29 is 15.0 Å². The topological polar surface area (TPSA) is 142 Å². The molecule has 1 aromatic heterocycles. The number of H-pyrrole nitrogens is 1. The molecule has 0 bridgehead atoms. The van der Waals surface area contributed by atoms with E-state index in [9.17, 15) is 19.8 Å². The summed E-state index contributed by atoms with van der Waals surface area (Å²) in [7, 11) is 0. The fourth-order valence-corrected chi connectivity index (χ4v) is 2.18. The quantitative estimate of drug-likeness (QED) is 0.786. The van der Waals surface area contributed by atoms with E-state index >= 15 is 0 Å². The average molecular weight is 376 g/mol. The Morgan fingerprint density at radius 3 is 2.74 bits per heavy atom. The van der Waals surface area contributed by atoms with Crippen LogP contribution in [0.15, 0.2) is 37.7 Å². The van der Waals surface area contributed by atoms with Gasteiger partial charge in [0.15, 0.2) is 5.69 Å². The van der Waals surface area contributed by atoms with Crippen LogP contribution in [0, 0.1) is 18.3 Å². The molecule has 0 saturated carbocycles. The molecule has 0 aliphatic heterocycles. The second-order valence-corrected chi connectivity index (χ2v) is 5.33. The van der Waals surface area contributed by atoms with Gasteiger partial charge in [-0.25, -0.2) is 0 Å². The van der Waals surface area contributed by atoms with Crippen molar-refractivity contribution in [1.29, 1.82) is 5.26 Å². The maximum atomic E-state index is 11.8. The van der Waals surface area contributed by atoms with Gasteiger partial charge in [0.2, 0.25) is 5.88 Å². The summed E-state index contributed by atoms with van der Waals surface area (Å²) < 4.78 is 0.515. The van der Waals surface area contributed by atoms with Crippen LogP contribution in [0.5, 0.6) is 5.88 Å². The maximum absolute atomic E-state index is 11.8. The lowest BCUT2D eigenvalue weighted by Crippen LogP contribution is -2.22. The van der Waals surface area contributed by atoms with Crippen LogP contribution >= 0.6 is 15.9 Å². The van der Waals surface area contributed by atoms with Gasteiger partial charge in [-0.3, -0.25) is 9.78 Å². The molecule has 0 radical (unpaired) electrons. The third-order valence-electron chi connectivity index (χ3n) is 2.96. The number of rotatable bonds is 3. The highest BCUT2D eigenvalue weighted by Gasteiger charge is 2.14. The summed E-state index contributed by atoms with van der Waals surface area (Å²) in [6, 6.07) is 5.96. The van der Waals surface area contributed by atoms with E-state index in [-0.39, 0.29) is 28.1 Å². The minimum atomic E-state index is -1.45. The number of nitriles is 1. The highest BCUT2D eigenvalue weighted by Crippen LogP contribution is 2.27. The number of nitrogens with zero attached hydrogens (tertiary/aromatic N) is 3. The second kappa shape index (κ2) is 6.41. The number of carbonyl (C=O) groups excluding carboxylic acids is 1. The van der Waals surface area contributed by atoms with Crippen molar-refractivity contribution in [2.75, 3.05) is 0 Å². The molecule has 1 heterocycles. The van der Waals surface area contributed by atoms with Crippen LogP contribution in [0.3, 0.4) is 0 Å². The van der Waals surface area contributed by atoms with Gasteiger partial charge in [-0.1, -0.05) is 15.9 Å². The lowest BCUT2D eigenvalue weighted by molar-refractivity contribution is -0.254. The van der Waals surface area contributed by atoms with Gasteiger partial charge >= 0.3 is 0 Å². The van der Waals surface area contributed by atoms with Crippen LogP contribution in [-0.4, -0.2) is 16.1 Å². The number of halogens is 1. The molecular weight excluding hydrogens is 368 g/mol. The van der Waals surface area contributed by atoms with E-state index in [1.807, 2.05) is 0 Å². The molecule has 0 atom stereocenters. The molecule has 0 aliphatic rings. The summed E-state index contributed by atoms with van der Waals surface area (Å²) in [5.41, 5.74) is -1.20. The number of carboxylic acids is 1. The van der Waals surface area contributed by atoms with Crippen molar-refractivity contribution in [2.24, 2.45) is 10.2 Å². The van der Waals surface area contributed by atoms with Crippen molar-refractivity contribution in [1.82, 2.24) is 4.98 Å². The Kier molecular flexibility index (Phi) is 4.57. The SMILES string of the molecule is Cc1c(C#N)c(O)[nH]c(=O)c1N=Nc1ccc(Br)cc1C(=O)[O-]. The van der Waals surface area contributed by atoms with Crippen molar-refractivity contribution in [2.45, 2.75) is 6.92 Å². The first-order valence-electron chi connectivity index (χ1n) is 6.13. The lowest BCUT2D eigenvalue weighted by Gasteiger charge is -2.06. The predicted molar refractivity (Wildman–Crippen MR) is 80.8 cm³/mol. The maximum Gasteiger partial charge on any atom is 0.278 e. The third-order valence-corrected chi connectivity index (χ3v) is 3.46. The Morgan fingerprint density at radius 1 is 1.43 bits per heavy atom. The number of hydrogen-bond acceptors (Lipinski definition) is 7. The monoisotopic (exact) mass is 375 g/mol. The zero-order chi connectivity index (χ0) is 17.1. The molecular formula is C14H8BrN4O4-. The van der Waals surface area contributed by atoms with E-state index in [1.165, 1.54) is 19.1 Å². The molecule has 116 valence electrons. The smallest absolute Gasteiger partial charge is 0.278 e. The number of aromatic amines is 1.